The van der Waals surface area contributed by atoms with Crippen molar-refractivity contribution in [1.29, 1.82) is 0 Å². The van der Waals surface area contributed by atoms with Crippen LogP contribution in [0.1, 0.15) is 12.0 Å². The van der Waals surface area contributed by atoms with Gasteiger partial charge in [-0.3, -0.25) is 9.78 Å². The highest BCUT2D eigenvalue weighted by molar-refractivity contribution is 8.05. The number of pyridine rings is 1. The van der Waals surface area contributed by atoms with Crippen LogP contribution in [0, 0.1) is 0 Å². The van der Waals surface area contributed by atoms with Gasteiger partial charge in [-0.25, -0.2) is 4.79 Å². The van der Waals surface area contributed by atoms with E-state index in [1.54, 1.807) is 29.4 Å². The number of amides is 3. The number of primary amides is 1. The number of hydrogen-bond donors (Lipinski definition) is 4. The summed E-state index contributed by atoms with van der Waals surface area (Å²) in [5.74, 6) is -0.518. The fraction of sp³-hybridized carbons (Fsp3) is 0.174. The minimum atomic E-state index is -1.18. The predicted octanol–water partition coefficient (Wildman–Crippen LogP) is 2.94. The number of anilines is 2. The zero-order valence-electron chi connectivity index (χ0n) is 17.2. The molecule has 0 aliphatic carbocycles. The highest BCUT2D eigenvalue weighted by Gasteiger charge is 2.48. The van der Waals surface area contributed by atoms with E-state index < -0.39 is 10.8 Å². The van der Waals surface area contributed by atoms with Crippen LogP contribution < -0.4 is 22.1 Å². The van der Waals surface area contributed by atoms with Gasteiger partial charge in [-0.15, -0.1) is 0 Å². The first-order valence-electron chi connectivity index (χ1n) is 10.2. The van der Waals surface area contributed by atoms with Gasteiger partial charge in [0.2, 0.25) is 0 Å². The summed E-state index contributed by atoms with van der Waals surface area (Å²) in [4.78, 5) is 31.2. The molecule has 0 spiro atoms. The predicted molar refractivity (Wildman–Crippen MR) is 126 cm³/mol. The van der Waals surface area contributed by atoms with Crippen molar-refractivity contribution in [1.82, 2.24) is 15.2 Å². The van der Waals surface area contributed by atoms with Gasteiger partial charge < -0.3 is 27.0 Å². The summed E-state index contributed by atoms with van der Waals surface area (Å²) in [6.07, 6.45) is 4.06. The Hall–Kier alpha value is -3.72. The number of hydrogen-bond acceptors (Lipinski definition) is 6. The van der Waals surface area contributed by atoms with E-state index in [0.29, 0.717) is 30.8 Å². The molecule has 5 rings (SSSR count). The summed E-state index contributed by atoms with van der Waals surface area (Å²) in [5, 5.41) is 8.22. The zero-order valence-corrected chi connectivity index (χ0v) is 18.0. The first-order chi connectivity index (χ1) is 15.5. The van der Waals surface area contributed by atoms with E-state index in [-0.39, 0.29) is 6.03 Å². The minimum absolute atomic E-state index is 0.197. The van der Waals surface area contributed by atoms with Gasteiger partial charge in [-0.1, -0.05) is 42.1 Å². The van der Waals surface area contributed by atoms with Gasteiger partial charge >= 0.3 is 6.03 Å². The van der Waals surface area contributed by atoms with Crippen LogP contribution in [0.5, 0.6) is 0 Å². The van der Waals surface area contributed by atoms with Gasteiger partial charge in [0, 0.05) is 58.0 Å². The topological polar surface area (TPSA) is 126 Å². The molecule has 162 valence electrons. The highest BCUT2D eigenvalue weighted by atomic mass is 32.2. The van der Waals surface area contributed by atoms with Crippen molar-refractivity contribution in [2.75, 3.05) is 24.1 Å². The maximum atomic E-state index is 13.1. The lowest BCUT2D eigenvalue weighted by molar-refractivity contribution is -0.121. The molecular weight excluding hydrogens is 424 g/mol. The molecule has 3 heterocycles. The van der Waals surface area contributed by atoms with Crippen LogP contribution in [0.25, 0.3) is 10.8 Å². The van der Waals surface area contributed by atoms with Crippen molar-refractivity contribution in [3.63, 3.8) is 0 Å². The van der Waals surface area contributed by atoms with E-state index in [2.05, 4.69) is 15.6 Å². The van der Waals surface area contributed by atoms with Crippen molar-refractivity contribution >= 4 is 45.8 Å². The Morgan fingerprint density at radius 2 is 2.00 bits per heavy atom. The number of carbonyl (C=O) groups is 2. The molecule has 2 aliphatic rings. The fourth-order valence-electron chi connectivity index (χ4n) is 4.17. The number of thioether (sulfide) groups is 1. The van der Waals surface area contributed by atoms with E-state index in [1.165, 1.54) is 11.8 Å². The number of rotatable bonds is 3. The number of aromatic nitrogens is 1. The molecule has 1 atom stereocenters. The fourth-order valence-corrected chi connectivity index (χ4v) is 5.60. The average Bonchev–Trinajstić information content (AvgIpc) is 3.19. The summed E-state index contributed by atoms with van der Waals surface area (Å²) in [6, 6.07) is 14.6. The summed E-state index contributed by atoms with van der Waals surface area (Å²) in [7, 11) is 0. The quantitative estimate of drug-likeness (QED) is 0.458. The van der Waals surface area contributed by atoms with E-state index in [1.807, 2.05) is 36.4 Å². The molecule has 8 nitrogen and oxygen atoms in total. The standard InChI is InChI=1S/C23H22N6O2S/c24-17-6-2-1-5-16(17)23(21(25)30)28-19-9-11-29(13-20(19)32-23)22(31)27-18-7-3-4-14-12-26-10-8-15(14)18/h1-8,10,12,28H,9,11,13,24H2,(H2,25,30)(H,27,31). The molecule has 0 bridgehead atoms. The molecule has 2 aromatic carbocycles. The third kappa shape index (κ3) is 3.31. The SMILES string of the molecule is NC(=O)C1(c2ccccc2N)NC2=C(CN(C(=O)Nc3cccc4cnccc34)CC2)S1. The van der Waals surface area contributed by atoms with Gasteiger partial charge in [-0.05, 0) is 18.2 Å². The largest absolute Gasteiger partial charge is 0.398 e. The average molecular weight is 447 g/mol. The summed E-state index contributed by atoms with van der Waals surface area (Å²) < 4.78 is 0. The lowest BCUT2D eigenvalue weighted by Gasteiger charge is -2.28. The van der Waals surface area contributed by atoms with Gasteiger partial charge in [0.15, 0.2) is 4.87 Å². The molecule has 3 aromatic rings. The van der Waals surface area contributed by atoms with Crippen LogP contribution in [-0.4, -0.2) is 34.9 Å². The Morgan fingerprint density at radius 3 is 2.81 bits per heavy atom. The first kappa shape index (κ1) is 20.2. The number of nitrogens with one attached hydrogen (secondary N) is 2. The van der Waals surface area contributed by atoms with E-state index >= 15 is 0 Å². The van der Waals surface area contributed by atoms with Crippen LogP contribution in [0.2, 0.25) is 0 Å². The number of para-hydroxylation sites is 1. The van der Waals surface area contributed by atoms with Crippen molar-refractivity contribution < 1.29 is 9.59 Å². The Balaban J connectivity index is 1.36. The number of benzene rings is 2. The van der Waals surface area contributed by atoms with E-state index in [0.717, 1.165) is 27.1 Å². The molecule has 6 N–H and O–H groups in total. The van der Waals surface area contributed by atoms with Gasteiger partial charge in [0.25, 0.3) is 5.91 Å². The molecule has 1 aromatic heterocycles. The Labute approximate surface area is 189 Å². The third-order valence-corrected chi connectivity index (χ3v) is 7.25. The molecule has 0 saturated carbocycles. The monoisotopic (exact) mass is 446 g/mol. The second kappa shape index (κ2) is 7.76. The second-order valence-electron chi connectivity index (χ2n) is 7.77. The maximum Gasteiger partial charge on any atom is 0.322 e. The van der Waals surface area contributed by atoms with Crippen molar-refractivity contribution in [3.05, 3.63) is 77.1 Å². The third-order valence-electron chi connectivity index (χ3n) is 5.80. The Bertz CT molecular complexity index is 1270. The number of urea groups is 1. The smallest absolute Gasteiger partial charge is 0.322 e. The number of nitrogen functional groups attached to an aromatic ring is 1. The van der Waals surface area contributed by atoms with Crippen LogP contribution in [0.4, 0.5) is 16.2 Å². The lowest BCUT2D eigenvalue weighted by Crippen LogP contribution is -2.47. The molecular formula is C23H22N6O2S. The molecule has 0 saturated heterocycles. The zero-order chi connectivity index (χ0) is 22.3. The molecule has 3 amide bonds. The number of fused-ring (bicyclic) bond motifs is 1. The molecule has 9 heteroatoms. The van der Waals surface area contributed by atoms with Crippen LogP contribution >= 0.6 is 11.8 Å². The van der Waals surface area contributed by atoms with Crippen LogP contribution in [0.3, 0.4) is 0 Å². The highest BCUT2D eigenvalue weighted by Crippen LogP contribution is 2.49. The molecule has 2 aliphatic heterocycles. The summed E-state index contributed by atoms with van der Waals surface area (Å²) >= 11 is 1.33. The van der Waals surface area contributed by atoms with Gasteiger partial charge in [0.1, 0.15) is 0 Å². The maximum absolute atomic E-state index is 13.1. The Kier molecular flexibility index (Phi) is 4.90. The van der Waals surface area contributed by atoms with E-state index in [4.69, 9.17) is 11.5 Å². The van der Waals surface area contributed by atoms with Crippen molar-refractivity contribution in [2.24, 2.45) is 5.73 Å². The number of nitrogens with zero attached hydrogens (tertiary/aromatic N) is 2. The van der Waals surface area contributed by atoms with Gasteiger partial charge in [-0.2, -0.15) is 0 Å². The lowest BCUT2D eigenvalue weighted by atomic mass is 10.0. The molecule has 0 radical (unpaired) electrons. The van der Waals surface area contributed by atoms with E-state index in [9.17, 15) is 9.59 Å². The first-order valence-corrected chi connectivity index (χ1v) is 11.0. The summed E-state index contributed by atoms with van der Waals surface area (Å²) in [6.45, 7) is 0.899. The molecule has 1 unspecified atom stereocenters. The minimum Gasteiger partial charge on any atom is -0.398 e. The molecule has 32 heavy (non-hydrogen) atoms. The number of nitrogens with two attached hydrogens (primary N) is 2. The van der Waals surface area contributed by atoms with Crippen LogP contribution in [-0.2, 0) is 9.67 Å². The summed E-state index contributed by atoms with van der Waals surface area (Å²) in [5.41, 5.74) is 14.8. The van der Waals surface area contributed by atoms with Crippen LogP contribution in [0.15, 0.2) is 71.5 Å². The second-order valence-corrected chi connectivity index (χ2v) is 9.07. The normalized spacial score (nSPS) is 20.1. The van der Waals surface area contributed by atoms with Gasteiger partial charge in [0.05, 0.1) is 12.2 Å². The Morgan fingerprint density at radius 1 is 1.16 bits per heavy atom. The van der Waals surface area contributed by atoms with Crippen molar-refractivity contribution in [3.8, 4) is 0 Å². The number of carbonyl (C=O) groups excluding carboxylic acids is 2. The van der Waals surface area contributed by atoms with Crippen molar-refractivity contribution in [2.45, 2.75) is 11.3 Å². The molecule has 0 fully saturated rings.